The van der Waals surface area contributed by atoms with Crippen molar-refractivity contribution in [3.8, 4) is 0 Å². The molecule has 1 aromatic heterocycles. The molecule has 1 amide bonds. The maximum atomic E-state index is 12.7. The van der Waals surface area contributed by atoms with E-state index in [0.717, 1.165) is 25.1 Å². The molecule has 2 aromatic rings. The number of para-hydroxylation sites is 1. The Hall–Kier alpha value is -2.32. The first-order valence-electron chi connectivity index (χ1n) is 8.55. The molecule has 0 bridgehead atoms. The third-order valence-corrected chi connectivity index (χ3v) is 5.10. The number of thioether (sulfide) groups is 1. The first kappa shape index (κ1) is 18.5. The minimum absolute atomic E-state index is 0.0296. The third-order valence-electron chi connectivity index (χ3n) is 4.14. The lowest BCUT2D eigenvalue weighted by Crippen LogP contribution is -2.32. The lowest BCUT2D eigenvalue weighted by atomic mass is 10.2. The van der Waals surface area contributed by atoms with Crippen LogP contribution in [0.25, 0.3) is 0 Å². The summed E-state index contributed by atoms with van der Waals surface area (Å²) in [5.74, 6) is 0.110. The largest absolute Gasteiger partial charge is 0.376 e. The van der Waals surface area contributed by atoms with Gasteiger partial charge in [0.2, 0.25) is 5.91 Å². The zero-order chi connectivity index (χ0) is 18.4. The second-order valence-corrected chi connectivity index (χ2v) is 6.92. The van der Waals surface area contributed by atoms with Gasteiger partial charge in [0.1, 0.15) is 0 Å². The molecule has 1 aromatic carbocycles. The van der Waals surface area contributed by atoms with Crippen LogP contribution in [0.2, 0.25) is 0 Å². The van der Waals surface area contributed by atoms with Gasteiger partial charge < -0.3 is 9.64 Å². The molecule has 1 fully saturated rings. The normalized spacial score (nSPS) is 16.5. The molecule has 1 saturated heterocycles. The number of hydrogen-bond donors (Lipinski definition) is 1. The summed E-state index contributed by atoms with van der Waals surface area (Å²) in [6.07, 6.45) is 3.66. The molecular formula is C18H22N4O3S. The number of aromatic amines is 1. The first-order valence-corrected chi connectivity index (χ1v) is 9.53. The molecule has 26 heavy (non-hydrogen) atoms. The van der Waals surface area contributed by atoms with Crippen molar-refractivity contribution in [2.24, 2.45) is 0 Å². The van der Waals surface area contributed by atoms with Crippen molar-refractivity contribution in [2.45, 2.75) is 30.6 Å². The summed E-state index contributed by atoms with van der Waals surface area (Å²) in [4.78, 5) is 26.3. The fourth-order valence-electron chi connectivity index (χ4n) is 2.86. The van der Waals surface area contributed by atoms with Crippen LogP contribution in [0.5, 0.6) is 0 Å². The lowest BCUT2D eigenvalue weighted by Gasteiger charge is -2.21. The van der Waals surface area contributed by atoms with Crippen molar-refractivity contribution < 1.29 is 9.53 Å². The van der Waals surface area contributed by atoms with Gasteiger partial charge >= 0.3 is 5.69 Å². The minimum Gasteiger partial charge on any atom is -0.376 e. The number of carbonyl (C=O) groups excluding carboxylic acids is 1. The number of hydrogen-bond acceptors (Lipinski definition) is 5. The average Bonchev–Trinajstić information content (AvgIpc) is 3.30. The van der Waals surface area contributed by atoms with Crippen LogP contribution in [-0.2, 0) is 16.1 Å². The summed E-state index contributed by atoms with van der Waals surface area (Å²) in [5.41, 5.74) is 0.540. The number of H-pyrrole nitrogens is 1. The van der Waals surface area contributed by atoms with Crippen molar-refractivity contribution in [1.82, 2.24) is 14.8 Å². The Labute approximate surface area is 156 Å². The van der Waals surface area contributed by atoms with Crippen LogP contribution in [0.1, 0.15) is 12.8 Å². The molecule has 0 radical (unpaired) electrons. The van der Waals surface area contributed by atoms with Gasteiger partial charge in [0.15, 0.2) is 5.16 Å². The molecule has 0 spiro atoms. The molecule has 7 nitrogen and oxygen atoms in total. The number of amides is 1. The molecular weight excluding hydrogens is 352 g/mol. The van der Waals surface area contributed by atoms with Crippen LogP contribution < -0.4 is 10.6 Å². The fraction of sp³-hybridized carbons (Fsp3) is 0.389. The molecule has 2 heterocycles. The van der Waals surface area contributed by atoms with Gasteiger partial charge in [-0.3, -0.25) is 9.36 Å². The highest BCUT2D eigenvalue weighted by atomic mass is 32.2. The molecule has 1 atom stereocenters. The molecule has 1 aliphatic heterocycles. The number of aromatic nitrogens is 3. The summed E-state index contributed by atoms with van der Waals surface area (Å²) >= 11 is 1.25. The van der Waals surface area contributed by atoms with E-state index in [0.29, 0.717) is 18.2 Å². The Kier molecular flexibility index (Phi) is 6.30. The van der Waals surface area contributed by atoms with Gasteiger partial charge in [0, 0.05) is 18.8 Å². The van der Waals surface area contributed by atoms with Gasteiger partial charge in [-0.2, -0.15) is 0 Å². The second-order valence-electron chi connectivity index (χ2n) is 5.97. The van der Waals surface area contributed by atoms with Gasteiger partial charge in [0.25, 0.3) is 0 Å². The van der Waals surface area contributed by atoms with Crippen LogP contribution in [-0.4, -0.2) is 45.7 Å². The van der Waals surface area contributed by atoms with E-state index >= 15 is 0 Å². The third kappa shape index (κ3) is 4.44. The van der Waals surface area contributed by atoms with Crippen molar-refractivity contribution >= 4 is 23.4 Å². The zero-order valence-electron chi connectivity index (χ0n) is 14.5. The number of rotatable bonds is 8. The number of carbonyl (C=O) groups is 1. The van der Waals surface area contributed by atoms with Crippen molar-refractivity contribution in [2.75, 3.05) is 23.8 Å². The van der Waals surface area contributed by atoms with E-state index in [2.05, 4.69) is 16.8 Å². The van der Waals surface area contributed by atoms with Crippen LogP contribution in [0.4, 0.5) is 5.69 Å². The average molecular weight is 374 g/mol. The summed E-state index contributed by atoms with van der Waals surface area (Å²) in [7, 11) is 0. The Morgan fingerprint density at radius 3 is 2.96 bits per heavy atom. The van der Waals surface area contributed by atoms with Gasteiger partial charge in [0.05, 0.1) is 18.4 Å². The number of nitrogens with zero attached hydrogens (tertiary/aromatic N) is 3. The van der Waals surface area contributed by atoms with Crippen LogP contribution in [0, 0.1) is 0 Å². The van der Waals surface area contributed by atoms with E-state index < -0.39 is 0 Å². The molecule has 0 aliphatic carbocycles. The molecule has 1 unspecified atom stereocenters. The Bertz CT molecular complexity index is 796. The van der Waals surface area contributed by atoms with E-state index in [4.69, 9.17) is 4.74 Å². The molecule has 3 rings (SSSR count). The number of benzene rings is 1. The van der Waals surface area contributed by atoms with Crippen molar-refractivity contribution in [3.63, 3.8) is 0 Å². The quantitative estimate of drug-likeness (QED) is 0.565. The summed E-state index contributed by atoms with van der Waals surface area (Å²) in [5, 5.41) is 7.02. The number of ether oxygens (including phenoxy) is 1. The lowest BCUT2D eigenvalue weighted by molar-refractivity contribution is -0.116. The smallest absolute Gasteiger partial charge is 0.344 e. The van der Waals surface area contributed by atoms with E-state index in [1.165, 1.54) is 11.8 Å². The zero-order valence-corrected chi connectivity index (χ0v) is 15.3. The highest BCUT2D eigenvalue weighted by Crippen LogP contribution is 2.20. The maximum Gasteiger partial charge on any atom is 0.344 e. The van der Waals surface area contributed by atoms with E-state index in [1.807, 2.05) is 30.3 Å². The Morgan fingerprint density at radius 1 is 1.46 bits per heavy atom. The summed E-state index contributed by atoms with van der Waals surface area (Å²) < 4.78 is 7.14. The molecule has 0 saturated carbocycles. The monoisotopic (exact) mass is 374 g/mol. The molecule has 1 N–H and O–H groups in total. The van der Waals surface area contributed by atoms with Crippen molar-refractivity contribution in [3.05, 3.63) is 53.5 Å². The maximum absolute atomic E-state index is 12.7. The van der Waals surface area contributed by atoms with E-state index in [9.17, 15) is 9.59 Å². The summed E-state index contributed by atoms with van der Waals surface area (Å²) in [6, 6.07) is 9.45. The Balaban J connectivity index is 1.67. The molecule has 8 heteroatoms. The number of nitrogens with one attached hydrogen (secondary N) is 1. The molecule has 1 aliphatic rings. The standard InChI is InChI=1S/C18H22N4O3S/c1-2-10-21(14-7-4-3-5-8-14)16(23)13-26-18-20-19-17(24)22(18)12-15-9-6-11-25-15/h2-5,7-8,15H,1,6,9-13H2,(H,19,24). The first-order chi connectivity index (χ1) is 12.7. The number of anilines is 1. The van der Waals surface area contributed by atoms with Gasteiger partial charge in [-0.1, -0.05) is 36.0 Å². The second kappa shape index (κ2) is 8.86. The predicted molar refractivity (Wildman–Crippen MR) is 102 cm³/mol. The highest BCUT2D eigenvalue weighted by molar-refractivity contribution is 7.99. The minimum atomic E-state index is -0.276. The van der Waals surface area contributed by atoms with Gasteiger partial charge in [-0.15, -0.1) is 11.7 Å². The van der Waals surface area contributed by atoms with Crippen molar-refractivity contribution in [1.29, 1.82) is 0 Å². The predicted octanol–water partition coefficient (Wildman–Crippen LogP) is 2.06. The van der Waals surface area contributed by atoms with E-state index in [-0.39, 0.29) is 23.5 Å². The summed E-state index contributed by atoms with van der Waals surface area (Å²) in [6.45, 7) is 5.33. The molecule has 138 valence electrons. The van der Waals surface area contributed by atoms with Crippen LogP contribution in [0.3, 0.4) is 0 Å². The van der Waals surface area contributed by atoms with Crippen LogP contribution in [0.15, 0.2) is 52.9 Å². The van der Waals surface area contributed by atoms with Gasteiger partial charge in [-0.25, -0.2) is 9.89 Å². The fourth-order valence-corrected chi connectivity index (χ4v) is 3.69. The Morgan fingerprint density at radius 2 is 2.27 bits per heavy atom. The topological polar surface area (TPSA) is 80.2 Å². The highest BCUT2D eigenvalue weighted by Gasteiger charge is 2.21. The van der Waals surface area contributed by atoms with Crippen LogP contribution >= 0.6 is 11.8 Å². The van der Waals surface area contributed by atoms with E-state index in [1.54, 1.807) is 15.5 Å². The SMILES string of the molecule is C=CCN(C(=O)CSc1n[nH]c(=O)n1CC1CCCO1)c1ccccc1. The van der Waals surface area contributed by atoms with Gasteiger partial charge in [-0.05, 0) is 25.0 Å².